The van der Waals surface area contributed by atoms with Crippen LogP contribution in [0.25, 0.3) is 0 Å². The zero-order valence-electron chi connectivity index (χ0n) is 11.9. The Bertz CT molecular complexity index is 594. The third kappa shape index (κ3) is 4.54. The zero-order valence-corrected chi connectivity index (χ0v) is 14.2. The van der Waals surface area contributed by atoms with Gasteiger partial charge < -0.3 is 5.32 Å². The van der Waals surface area contributed by atoms with Crippen molar-refractivity contribution in [2.45, 2.75) is 32.7 Å². The summed E-state index contributed by atoms with van der Waals surface area (Å²) in [4.78, 5) is 0. The number of rotatable bonds is 6. The first-order chi connectivity index (χ1) is 10.1. The molecule has 4 heteroatoms. The highest BCUT2D eigenvalue weighted by molar-refractivity contribution is 6.44. The molecule has 0 atom stereocenters. The summed E-state index contributed by atoms with van der Waals surface area (Å²) in [5, 5.41) is 4.98. The van der Waals surface area contributed by atoms with Crippen LogP contribution in [0.15, 0.2) is 36.4 Å². The van der Waals surface area contributed by atoms with Crippen LogP contribution in [0, 0.1) is 0 Å². The van der Waals surface area contributed by atoms with Gasteiger partial charge in [0.1, 0.15) is 0 Å². The van der Waals surface area contributed by atoms with E-state index < -0.39 is 0 Å². The molecule has 0 bridgehead atoms. The fourth-order valence-corrected chi connectivity index (χ4v) is 2.77. The van der Waals surface area contributed by atoms with Gasteiger partial charge in [-0.05, 0) is 42.7 Å². The van der Waals surface area contributed by atoms with Gasteiger partial charge in [0, 0.05) is 22.8 Å². The summed E-state index contributed by atoms with van der Waals surface area (Å²) in [6.45, 7) is 2.75. The quantitative estimate of drug-likeness (QED) is 0.583. The van der Waals surface area contributed by atoms with Gasteiger partial charge in [-0.25, -0.2) is 0 Å². The van der Waals surface area contributed by atoms with E-state index in [1.807, 2.05) is 0 Å². The van der Waals surface area contributed by atoms with Crippen LogP contribution in [-0.2, 0) is 13.0 Å². The average molecular weight is 343 g/mol. The Morgan fingerprint density at radius 1 is 0.905 bits per heavy atom. The lowest BCUT2D eigenvalue weighted by molar-refractivity contribution is 0.795. The summed E-state index contributed by atoms with van der Waals surface area (Å²) >= 11 is 18.4. The number of benzene rings is 2. The Morgan fingerprint density at radius 2 is 1.57 bits per heavy atom. The van der Waals surface area contributed by atoms with E-state index in [9.17, 15) is 0 Å². The number of unbranched alkanes of at least 4 members (excludes halogenated alkanes) is 1. The Labute approximate surface area is 141 Å². The Morgan fingerprint density at radius 3 is 2.24 bits per heavy atom. The van der Waals surface area contributed by atoms with Crippen molar-refractivity contribution in [2.24, 2.45) is 0 Å². The van der Waals surface area contributed by atoms with Crippen LogP contribution in [0.5, 0.6) is 0 Å². The van der Waals surface area contributed by atoms with Crippen molar-refractivity contribution in [3.8, 4) is 0 Å². The molecular weight excluding hydrogens is 325 g/mol. The summed E-state index contributed by atoms with van der Waals surface area (Å²) in [7, 11) is 0. The summed E-state index contributed by atoms with van der Waals surface area (Å²) in [5.74, 6) is 0. The van der Waals surface area contributed by atoms with Crippen molar-refractivity contribution in [1.82, 2.24) is 0 Å². The highest BCUT2D eigenvalue weighted by Gasteiger charge is 2.09. The molecule has 0 amide bonds. The molecule has 0 fully saturated rings. The van der Waals surface area contributed by atoms with E-state index >= 15 is 0 Å². The van der Waals surface area contributed by atoms with Gasteiger partial charge in [-0.3, -0.25) is 0 Å². The first-order valence-electron chi connectivity index (χ1n) is 7.07. The second-order valence-electron chi connectivity index (χ2n) is 4.98. The molecule has 1 nitrogen and oxygen atoms in total. The molecule has 0 radical (unpaired) electrons. The molecule has 2 rings (SSSR count). The molecule has 0 aliphatic heterocycles. The normalized spacial score (nSPS) is 10.7. The van der Waals surface area contributed by atoms with Crippen LogP contribution in [0.3, 0.4) is 0 Å². The highest BCUT2D eigenvalue weighted by atomic mass is 35.5. The van der Waals surface area contributed by atoms with Crippen molar-refractivity contribution < 1.29 is 0 Å². The van der Waals surface area contributed by atoms with Crippen LogP contribution in [0.1, 0.15) is 30.9 Å². The van der Waals surface area contributed by atoms with Crippen molar-refractivity contribution in [3.63, 3.8) is 0 Å². The van der Waals surface area contributed by atoms with Crippen LogP contribution >= 0.6 is 34.8 Å². The standard InChI is InChI=1S/C17H18Cl3N/c1-2-3-4-12-5-7-13(8-6-12)21-11-14-15(18)9-10-16(19)17(14)20/h5-10,21H,2-4,11H2,1H3. The van der Waals surface area contributed by atoms with Crippen molar-refractivity contribution >= 4 is 40.5 Å². The molecule has 112 valence electrons. The second-order valence-corrected chi connectivity index (χ2v) is 6.17. The fourth-order valence-electron chi connectivity index (χ4n) is 2.09. The number of halogens is 3. The molecule has 2 aromatic rings. The number of hydrogen-bond donors (Lipinski definition) is 1. The number of aryl methyl sites for hydroxylation is 1. The van der Waals surface area contributed by atoms with Crippen molar-refractivity contribution in [3.05, 3.63) is 62.6 Å². The zero-order chi connectivity index (χ0) is 15.2. The first kappa shape index (κ1) is 16.5. The highest BCUT2D eigenvalue weighted by Crippen LogP contribution is 2.31. The molecule has 0 aliphatic rings. The van der Waals surface area contributed by atoms with E-state index in [4.69, 9.17) is 34.8 Å². The van der Waals surface area contributed by atoms with Gasteiger partial charge in [-0.2, -0.15) is 0 Å². The van der Waals surface area contributed by atoms with Gasteiger partial charge in [0.25, 0.3) is 0 Å². The Kier molecular flexibility index (Phi) is 6.22. The second kappa shape index (κ2) is 7.93. The molecule has 0 aliphatic carbocycles. The molecule has 0 spiro atoms. The van der Waals surface area contributed by atoms with E-state index in [0.29, 0.717) is 21.6 Å². The summed E-state index contributed by atoms with van der Waals surface area (Å²) < 4.78 is 0. The first-order valence-corrected chi connectivity index (χ1v) is 8.20. The van der Waals surface area contributed by atoms with Crippen LogP contribution < -0.4 is 5.32 Å². The van der Waals surface area contributed by atoms with Gasteiger partial charge >= 0.3 is 0 Å². The van der Waals surface area contributed by atoms with Gasteiger partial charge in [-0.1, -0.05) is 60.3 Å². The number of anilines is 1. The third-order valence-electron chi connectivity index (χ3n) is 3.38. The minimum Gasteiger partial charge on any atom is -0.381 e. The van der Waals surface area contributed by atoms with E-state index in [1.54, 1.807) is 12.1 Å². The summed E-state index contributed by atoms with van der Waals surface area (Å²) in [5.41, 5.74) is 3.23. The predicted molar refractivity (Wildman–Crippen MR) is 93.9 cm³/mol. The average Bonchev–Trinajstić information content (AvgIpc) is 2.50. The molecule has 0 aromatic heterocycles. The summed E-state index contributed by atoms with van der Waals surface area (Å²) in [6, 6.07) is 11.9. The smallest absolute Gasteiger partial charge is 0.0657 e. The molecule has 0 saturated carbocycles. The van der Waals surface area contributed by atoms with Gasteiger partial charge in [0.05, 0.1) is 10.0 Å². The van der Waals surface area contributed by atoms with Crippen LogP contribution in [-0.4, -0.2) is 0 Å². The van der Waals surface area contributed by atoms with Crippen LogP contribution in [0.2, 0.25) is 15.1 Å². The van der Waals surface area contributed by atoms with Crippen LogP contribution in [0.4, 0.5) is 5.69 Å². The number of hydrogen-bond acceptors (Lipinski definition) is 1. The Hall–Kier alpha value is -0.890. The lowest BCUT2D eigenvalue weighted by Crippen LogP contribution is -2.01. The topological polar surface area (TPSA) is 12.0 Å². The largest absolute Gasteiger partial charge is 0.381 e. The molecule has 0 unspecified atom stereocenters. The van der Waals surface area contributed by atoms with Gasteiger partial charge in [0.2, 0.25) is 0 Å². The van der Waals surface area contributed by atoms with Gasteiger partial charge in [-0.15, -0.1) is 0 Å². The minimum atomic E-state index is 0.510. The maximum atomic E-state index is 6.19. The molecule has 0 saturated heterocycles. The lowest BCUT2D eigenvalue weighted by Gasteiger charge is -2.11. The lowest BCUT2D eigenvalue weighted by atomic mass is 10.1. The SMILES string of the molecule is CCCCc1ccc(NCc2c(Cl)ccc(Cl)c2Cl)cc1. The molecule has 21 heavy (non-hydrogen) atoms. The molecule has 2 aromatic carbocycles. The predicted octanol–water partition coefficient (Wildman–Crippen LogP) is 6.60. The van der Waals surface area contributed by atoms with Gasteiger partial charge in [0.15, 0.2) is 0 Å². The third-order valence-corrected chi connectivity index (χ3v) is 4.58. The monoisotopic (exact) mass is 341 g/mol. The van der Waals surface area contributed by atoms with E-state index in [0.717, 1.165) is 17.7 Å². The molecule has 0 heterocycles. The van der Waals surface area contributed by atoms with Crippen molar-refractivity contribution in [1.29, 1.82) is 0 Å². The van der Waals surface area contributed by atoms with E-state index in [-0.39, 0.29) is 0 Å². The fraction of sp³-hybridized carbons (Fsp3) is 0.294. The van der Waals surface area contributed by atoms with Crippen molar-refractivity contribution in [2.75, 3.05) is 5.32 Å². The van der Waals surface area contributed by atoms with E-state index in [2.05, 4.69) is 36.5 Å². The number of nitrogens with one attached hydrogen (secondary N) is 1. The minimum absolute atomic E-state index is 0.510. The maximum absolute atomic E-state index is 6.19. The molecule has 1 N–H and O–H groups in total. The Balaban J connectivity index is 2.02. The summed E-state index contributed by atoms with van der Waals surface area (Å²) in [6.07, 6.45) is 3.56. The van der Waals surface area contributed by atoms with E-state index in [1.165, 1.54) is 18.4 Å². The maximum Gasteiger partial charge on any atom is 0.0657 e. The molecular formula is C17H18Cl3N.